The summed E-state index contributed by atoms with van der Waals surface area (Å²) in [6.45, 7) is 0. The Morgan fingerprint density at radius 2 is 1.85 bits per heavy atom. The monoisotopic (exact) mass is 308 g/mol. The summed E-state index contributed by atoms with van der Waals surface area (Å²) in [6.07, 6.45) is 0.228. The van der Waals surface area contributed by atoms with E-state index in [9.17, 15) is 5.11 Å². The predicted octanol–water partition coefficient (Wildman–Crippen LogP) is 4.04. The summed E-state index contributed by atoms with van der Waals surface area (Å²) in [5.41, 5.74) is 1.10. The second-order valence-electron chi connectivity index (χ2n) is 4.45. The van der Waals surface area contributed by atoms with Crippen molar-refractivity contribution in [1.29, 1.82) is 0 Å². The molecule has 0 spiro atoms. The first kappa shape index (κ1) is 15.2. The highest BCUT2D eigenvalue weighted by Crippen LogP contribution is 2.27. The molecule has 0 fully saturated rings. The quantitative estimate of drug-likeness (QED) is 0.817. The van der Waals surface area contributed by atoms with E-state index in [1.807, 2.05) is 48.5 Å². The Labute approximate surface area is 128 Å². The number of benzene rings is 2. The molecule has 0 bridgehead atoms. The number of hydrogen-bond acceptors (Lipinski definition) is 3. The Balaban J connectivity index is 1.86. The zero-order chi connectivity index (χ0) is 14.4. The summed E-state index contributed by atoms with van der Waals surface area (Å²) in [4.78, 5) is 1.00. The van der Waals surface area contributed by atoms with Crippen molar-refractivity contribution in [3.05, 3.63) is 59.1 Å². The minimum Gasteiger partial charge on any atom is -0.497 e. The van der Waals surface area contributed by atoms with Crippen molar-refractivity contribution in [3.8, 4) is 5.75 Å². The van der Waals surface area contributed by atoms with Crippen LogP contribution in [0.5, 0.6) is 5.75 Å². The van der Waals surface area contributed by atoms with Gasteiger partial charge in [0.15, 0.2) is 0 Å². The van der Waals surface area contributed by atoms with E-state index in [1.165, 1.54) is 0 Å². The van der Waals surface area contributed by atoms with Crippen molar-refractivity contribution < 1.29 is 9.84 Å². The lowest BCUT2D eigenvalue weighted by Crippen LogP contribution is -2.13. The average Bonchev–Trinajstić information content (AvgIpc) is 2.47. The topological polar surface area (TPSA) is 29.5 Å². The van der Waals surface area contributed by atoms with Gasteiger partial charge in [-0.25, -0.2) is 0 Å². The molecule has 0 saturated heterocycles. The third-order valence-corrected chi connectivity index (χ3v) is 4.56. The van der Waals surface area contributed by atoms with Crippen LogP contribution in [0.4, 0.5) is 0 Å². The van der Waals surface area contributed by atoms with Crippen molar-refractivity contribution in [2.45, 2.75) is 17.4 Å². The summed E-state index contributed by atoms with van der Waals surface area (Å²) in [7, 11) is 1.64. The van der Waals surface area contributed by atoms with Gasteiger partial charge in [0.2, 0.25) is 0 Å². The van der Waals surface area contributed by atoms with Crippen LogP contribution in [-0.2, 0) is 6.42 Å². The summed E-state index contributed by atoms with van der Waals surface area (Å²) in [5.74, 6) is 1.45. The van der Waals surface area contributed by atoms with Gasteiger partial charge < -0.3 is 9.84 Å². The van der Waals surface area contributed by atoms with Gasteiger partial charge >= 0.3 is 0 Å². The molecule has 2 aromatic rings. The fourth-order valence-corrected chi connectivity index (χ4v) is 3.01. The number of rotatable bonds is 6. The fraction of sp³-hybridized carbons (Fsp3) is 0.250. The molecule has 2 nitrogen and oxygen atoms in total. The van der Waals surface area contributed by atoms with Crippen molar-refractivity contribution in [3.63, 3.8) is 0 Å². The molecule has 0 aromatic heterocycles. The Morgan fingerprint density at radius 3 is 2.50 bits per heavy atom. The number of ether oxygens (including phenoxy) is 1. The van der Waals surface area contributed by atoms with Crippen LogP contribution < -0.4 is 4.74 Å². The van der Waals surface area contributed by atoms with E-state index in [4.69, 9.17) is 16.3 Å². The van der Waals surface area contributed by atoms with Crippen LogP contribution >= 0.6 is 23.4 Å². The van der Waals surface area contributed by atoms with E-state index >= 15 is 0 Å². The minimum absolute atomic E-state index is 0.398. The standard InChI is InChI=1S/C16H17ClO2S/c1-19-14-8-6-12(7-9-14)10-13(18)11-20-16-5-3-2-4-15(16)17/h2-9,13,18H,10-11H2,1H3. The summed E-state index contributed by atoms with van der Waals surface area (Å²) >= 11 is 7.66. The van der Waals surface area contributed by atoms with Crippen LogP contribution in [0.1, 0.15) is 5.56 Å². The number of methoxy groups -OCH3 is 1. The third kappa shape index (κ3) is 4.44. The molecule has 1 atom stereocenters. The summed E-state index contributed by atoms with van der Waals surface area (Å²) in [5, 5.41) is 10.8. The van der Waals surface area contributed by atoms with Gasteiger partial charge in [-0.2, -0.15) is 0 Å². The highest BCUT2D eigenvalue weighted by molar-refractivity contribution is 7.99. The highest BCUT2D eigenvalue weighted by atomic mass is 35.5. The highest BCUT2D eigenvalue weighted by Gasteiger charge is 2.08. The predicted molar refractivity (Wildman–Crippen MR) is 84.9 cm³/mol. The molecule has 0 radical (unpaired) electrons. The van der Waals surface area contributed by atoms with Gasteiger partial charge in [0.25, 0.3) is 0 Å². The summed E-state index contributed by atoms with van der Waals surface area (Å²) < 4.78 is 5.11. The lowest BCUT2D eigenvalue weighted by molar-refractivity contribution is 0.200. The zero-order valence-electron chi connectivity index (χ0n) is 11.3. The van der Waals surface area contributed by atoms with Gasteiger partial charge in [-0.3, -0.25) is 0 Å². The molecule has 106 valence electrons. The van der Waals surface area contributed by atoms with E-state index in [0.29, 0.717) is 12.2 Å². The van der Waals surface area contributed by atoms with Crippen molar-refractivity contribution in [1.82, 2.24) is 0 Å². The van der Waals surface area contributed by atoms with Crippen LogP contribution in [0, 0.1) is 0 Å². The Hall–Kier alpha value is -1.16. The normalized spacial score (nSPS) is 12.2. The minimum atomic E-state index is -0.398. The number of hydrogen-bond donors (Lipinski definition) is 1. The van der Waals surface area contributed by atoms with Crippen LogP contribution in [0.15, 0.2) is 53.4 Å². The van der Waals surface area contributed by atoms with Crippen LogP contribution in [0.3, 0.4) is 0 Å². The van der Waals surface area contributed by atoms with E-state index in [2.05, 4.69) is 0 Å². The molecule has 0 heterocycles. The van der Waals surface area contributed by atoms with E-state index in [0.717, 1.165) is 21.2 Å². The molecule has 0 aliphatic rings. The first-order valence-corrected chi connectivity index (χ1v) is 7.73. The van der Waals surface area contributed by atoms with Crippen LogP contribution in [0.25, 0.3) is 0 Å². The Kier molecular flexibility index (Phi) is 5.77. The van der Waals surface area contributed by atoms with Gasteiger partial charge in [-0.1, -0.05) is 35.9 Å². The number of halogens is 1. The molecule has 20 heavy (non-hydrogen) atoms. The SMILES string of the molecule is COc1ccc(CC(O)CSc2ccccc2Cl)cc1. The van der Waals surface area contributed by atoms with Crippen LogP contribution in [-0.4, -0.2) is 24.1 Å². The lowest BCUT2D eigenvalue weighted by atomic mass is 10.1. The number of aliphatic hydroxyl groups is 1. The molecule has 4 heteroatoms. The van der Waals surface area contributed by atoms with Crippen molar-refractivity contribution in [2.75, 3.05) is 12.9 Å². The van der Waals surface area contributed by atoms with Crippen LogP contribution in [0.2, 0.25) is 5.02 Å². The van der Waals surface area contributed by atoms with Gasteiger partial charge in [0, 0.05) is 10.6 Å². The molecular weight excluding hydrogens is 292 g/mol. The van der Waals surface area contributed by atoms with Crippen molar-refractivity contribution >= 4 is 23.4 Å². The van der Waals surface area contributed by atoms with Gasteiger partial charge in [-0.15, -0.1) is 11.8 Å². The Bertz CT molecular complexity index is 542. The molecule has 2 aromatic carbocycles. The maximum absolute atomic E-state index is 10.1. The van der Waals surface area contributed by atoms with Gasteiger partial charge in [0.05, 0.1) is 18.2 Å². The molecule has 2 rings (SSSR count). The third-order valence-electron chi connectivity index (χ3n) is 2.90. The smallest absolute Gasteiger partial charge is 0.118 e. The molecule has 1 N–H and O–H groups in total. The number of aliphatic hydroxyl groups excluding tert-OH is 1. The second kappa shape index (κ2) is 7.58. The first-order valence-electron chi connectivity index (χ1n) is 6.37. The largest absolute Gasteiger partial charge is 0.497 e. The maximum Gasteiger partial charge on any atom is 0.118 e. The summed E-state index contributed by atoms with van der Waals surface area (Å²) in [6, 6.07) is 15.4. The molecule has 0 aliphatic carbocycles. The molecule has 0 saturated carbocycles. The first-order chi connectivity index (χ1) is 9.69. The molecular formula is C16H17ClO2S. The Morgan fingerprint density at radius 1 is 1.15 bits per heavy atom. The van der Waals surface area contributed by atoms with Crippen molar-refractivity contribution in [2.24, 2.45) is 0 Å². The van der Waals surface area contributed by atoms with E-state index in [-0.39, 0.29) is 0 Å². The molecule has 0 aliphatic heterocycles. The lowest BCUT2D eigenvalue weighted by Gasteiger charge is -2.11. The average molecular weight is 309 g/mol. The fourth-order valence-electron chi connectivity index (χ4n) is 1.84. The number of thioether (sulfide) groups is 1. The zero-order valence-corrected chi connectivity index (χ0v) is 12.8. The van der Waals surface area contributed by atoms with E-state index < -0.39 is 6.10 Å². The van der Waals surface area contributed by atoms with E-state index in [1.54, 1.807) is 18.9 Å². The van der Waals surface area contributed by atoms with Gasteiger partial charge in [-0.05, 0) is 36.2 Å². The molecule has 0 amide bonds. The molecule has 1 unspecified atom stereocenters. The second-order valence-corrected chi connectivity index (χ2v) is 5.92. The maximum atomic E-state index is 10.1. The van der Waals surface area contributed by atoms with Gasteiger partial charge in [0.1, 0.15) is 5.75 Å².